The number of hydrogen-bond acceptors (Lipinski definition) is 12. The number of aromatic amines is 2. The van der Waals surface area contributed by atoms with Crippen molar-refractivity contribution in [2.45, 2.75) is 51.7 Å². The lowest BCUT2D eigenvalue weighted by atomic mass is 9.78. The zero-order chi connectivity index (χ0) is 73.3. The highest BCUT2D eigenvalue weighted by atomic mass is 79.9. The van der Waals surface area contributed by atoms with Crippen molar-refractivity contribution in [2.75, 3.05) is 10.6 Å². The maximum atomic E-state index is 13.7. The number of benzene rings is 5. The van der Waals surface area contributed by atoms with Crippen LogP contribution in [-0.4, -0.2) is 99.2 Å². The number of anilines is 2. The fourth-order valence-corrected chi connectivity index (χ4v) is 13.4. The molecule has 15 aromatic rings. The second kappa shape index (κ2) is 29.8. The van der Waals surface area contributed by atoms with E-state index in [0.29, 0.717) is 23.4 Å². The third-order valence-electron chi connectivity index (χ3n) is 18.5. The molecule has 105 heavy (non-hydrogen) atoms. The highest BCUT2D eigenvalue weighted by Crippen LogP contribution is 2.39. The lowest BCUT2D eigenvalue weighted by Crippen LogP contribution is -2.41. The van der Waals surface area contributed by atoms with Crippen LogP contribution < -0.4 is 16.1 Å². The third-order valence-corrected chi connectivity index (χ3v) is 20.0. The molecule has 1 fully saturated rings. The lowest BCUT2D eigenvalue weighted by molar-refractivity contribution is -0.115. The highest BCUT2D eigenvalue weighted by Gasteiger charge is 2.52. The van der Waals surface area contributed by atoms with Gasteiger partial charge in [-0.2, -0.15) is 20.4 Å². The second-order valence-corrected chi connectivity index (χ2v) is 28.4. The molecular formula is C80H69BBr2ClFN16O4. The van der Waals surface area contributed by atoms with Gasteiger partial charge in [0.2, 0.25) is 11.8 Å². The summed E-state index contributed by atoms with van der Waals surface area (Å²) in [5, 5.41) is 26.4. The molecule has 1 saturated heterocycles. The Kier molecular flexibility index (Phi) is 20.1. The molecule has 0 saturated carbocycles. The van der Waals surface area contributed by atoms with E-state index in [0.717, 1.165) is 139 Å². The number of H-pyrrole nitrogens is 2. The van der Waals surface area contributed by atoms with Crippen LogP contribution in [-0.2, 0) is 59.9 Å². The van der Waals surface area contributed by atoms with E-state index in [-0.39, 0.29) is 36.0 Å². The predicted molar refractivity (Wildman–Crippen MR) is 418 cm³/mol. The summed E-state index contributed by atoms with van der Waals surface area (Å²) in [5.41, 5.74) is 20.8. The number of fused-ring (bicyclic) bond motifs is 4. The molecule has 13 heterocycles. The number of hydrogen-bond donors (Lipinski definition) is 4. The van der Waals surface area contributed by atoms with E-state index in [1.807, 2.05) is 216 Å². The smallest absolute Gasteiger partial charge is 0.399 e. The van der Waals surface area contributed by atoms with E-state index >= 15 is 0 Å². The topological polar surface area (TPSA) is 231 Å². The minimum absolute atomic E-state index is 0.0427. The van der Waals surface area contributed by atoms with Gasteiger partial charge in [-0.05, 0) is 216 Å². The molecule has 0 unspecified atom stereocenters. The molecule has 0 bridgehead atoms. The number of carbonyl (C=O) groups is 2. The number of nitrogens with zero attached hydrogens (tertiary/aromatic N) is 12. The van der Waals surface area contributed by atoms with Crippen molar-refractivity contribution in [1.29, 1.82) is 0 Å². The number of aryl methyl sites for hydroxylation is 4. The van der Waals surface area contributed by atoms with Crippen molar-refractivity contribution in [3.05, 3.63) is 256 Å². The quantitative estimate of drug-likeness (QED) is 0.0989. The van der Waals surface area contributed by atoms with Crippen LogP contribution >= 0.6 is 43.5 Å². The van der Waals surface area contributed by atoms with Crippen LogP contribution in [0.1, 0.15) is 38.8 Å². The molecule has 524 valence electrons. The Morgan fingerprint density at radius 1 is 0.457 bits per heavy atom. The van der Waals surface area contributed by atoms with Gasteiger partial charge in [-0.1, -0.05) is 66.2 Å². The molecular weight excluding hydrogens is 1470 g/mol. The first-order valence-corrected chi connectivity index (χ1v) is 35.6. The Morgan fingerprint density at radius 3 is 1.35 bits per heavy atom. The van der Waals surface area contributed by atoms with Crippen molar-refractivity contribution in [2.24, 2.45) is 28.2 Å². The van der Waals surface area contributed by atoms with Crippen LogP contribution in [0.25, 0.3) is 112 Å². The summed E-state index contributed by atoms with van der Waals surface area (Å²) >= 11 is 13.1. The van der Waals surface area contributed by atoms with Gasteiger partial charge in [0.1, 0.15) is 33.2 Å². The maximum Gasteiger partial charge on any atom is 0.494 e. The Hall–Kier alpha value is -11.3. The van der Waals surface area contributed by atoms with Crippen molar-refractivity contribution in [3.63, 3.8) is 0 Å². The van der Waals surface area contributed by atoms with E-state index < -0.39 is 0 Å². The Balaban J connectivity index is 0.000000113. The van der Waals surface area contributed by atoms with Crippen molar-refractivity contribution >= 4 is 101 Å². The summed E-state index contributed by atoms with van der Waals surface area (Å²) in [4.78, 5) is 46.7. The molecule has 0 aliphatic carbocycles. The summed E-state index contributed by atoms with van der Waals surface area (Å²) in [6.07, 6.45) is 7.94. The summed E-state index contributed by atoms with van der Waals surface area (Å²) in [6.45, 7) is 8.13. The number of amides is 2. The van der Waals surface area contributed by atoms with Crippen LogP contribution in [0.2, 0.25) is 5.02 Å². The second-order valence-electron chi connectivity index (χ2n) is 26.3. The zero-order valence-electron chi connectivity index (χ0n) is 58.4. The van der Waals surface area contributed by atoms with Crippen molar-refractivity contribution in [3.8, 4) is 90.6 Å². The van der Waals surface area contributed by atoms with Crippen LogP contribution in [0.3, 0.4) is 0 Å². The summed E-state index contributed by atoms with van der Waals surface area (Å²) in [5.74, 6) is -0.229. The largest absolute Gasteiger partial charge is 0.494 e. The van der Waals surface area contributed by atoms with Gasteiger partial charge >= 0.3 is 7.12 Å². The maximum absolute atomic E-state index is 13.7. The first kappa shape index (κ1) is 70.7. The average Bonchev–Trinajstić information content (AvgIpc) is 1.62. The number of aromatic nitrogens is 14. The highest BCUT2D eigenvalue weighted by molar-refractivity contribution is 9.10. The molecule has 0 atom stereocenters. The minimum atomic E-state index is -0.369. The molecule has 3 aliphatic rings. The van der Waals surface area contributed by atoms with E-state index in [1.54, 1.807) is 35.5 Å². The fourth-order valence-electron chi connectivity index (χ4n) is 12.4. The Bertz CT molecular complexity index is 5670. The Labute approximate surface area is 626 Å². The normalized spacial score (nSPS) is 13.7. The standard InChI is InChI=1S/C23H16ClFN4.C17H13BrN4.C17H14N4O.C14H18BNO3.C9H8BrN3/c1-29-23(13-22(28-29)20-4-2-3-9-26-20)14-5-8-19-15(10-14)11-21(27-19)17-12-16(25)6-7-18(17)24;1-22-16(10-15(21-22)14-4-2-3-7-19-14)11-5-6-13-12(8-11)9-17(18)20-13;1-21-16(10-15(20-21)14-4-2-3-7-18-14)11-5-6-13-12(8-11)9-17(22)19-13;1-13(2)14(3,4)19-15(18-13)10-5-6-11-9(7-10)8-12(17)16-11;1-13-9(10)6-8(12-13)7-4-2-3-5-11-7/h2-13,27H,1H3;2-10,20H,1H3;2-8,10H,9H2,1H3,(H,19,22);5-7H,8H2,1-4H3,(H,16,17);2-6H,1H3. The molecule has 2 amide bonds. The van der Waals surface area contributed by atoms with Gasteiger partial charge < -0.3 is 29.9 Å². The molecule has 5 aromatic carbocycles. The van der Waals surface area contributed by atoms with Gasteiger partial charge in [0.25, 0.3) is 0 Å². The van der Waals surface area contributed by atoms with Gasteiger partial charge in [-0.3, -0.25) is 48.3 Å². The molecule has 10 aromatic heterocycles. The monoisotopic (exact) mass is 1540 g/mol. The molecule has 4 N–H and O–H groups in total. The first-order valence-electron chi connectivity index (χ1n) is 33.6. The zero-order valence-corrected chi connectivity index (χ0v) is 62.3. The number of rotatable bonds is 9. The van der Waals surface area contributed by atoms with Crippen LogP contribution in [0, 0.1) is 5.82 Å². The number of pyridine rings is 4. The summed E-state index contributed by atoms with van der Waals surface area (Å²) in [7, 11) is 7.31. The van der Waals surface area contributed by atoms with Crippen molar-refractivity contribution < 1.29 is 23.3 Å². The van der Waals surface area contributed by atoms with Gasteiger partial charge in [-0.15, -0.1) is 0 Å². The lowest BCUT2D eigenvalue weighted by Gasteiger charge is -2.32. The molecule has 0 radical (unpaired) electrons. The molecule has 0 spiro atoms. The predicted octanol–water partition coefficient (Wildman–Crippen LogP) is 16.9. The van der Waals surface area contributed by atoms with Crippen molar-refractivity contribution in [1.82, 2.24) is 69.0 Å². The molecule has 20 nitrogen and oxygen atoms in total. The molecule has 25 heteroatoms. The minimum Gasteiger partial charge on any atom is -0.399 e. The van der Waals surface area contributed by atoms with Gasteiger partial charge in [-0.25, -0.2) is 4.39 Å². The first-order chi connectivity index (χ1) is 50.5. The van der Waals surface area contributed by atoms with Gasteiger partial charge in [0, 0.05) is 120 Å². The molecule has 18 rings (SSSR count). The van der Waals surface area contributed by atoms with E-state index in [1.165, 1.54) is 17.5 Å². The van der Waals surface area contributed by atoms with E-state index in [9.17, 15) is 14.0 Å². The molecule has 3 aliphatic heterocycles. The number of halogens is 4. The number of nitrogens with one attached hydrogen (secondary N) is 4. The fraction of sp³-hybridized carbons (Fsp3) is 0.150. The Morgan fingerprint density at radius 2 is 0.886 bits per heavy atom. The van der Waals surface area contributed by atoms with Gasteiger partial charge in [0.05, 0.1) is 73.5 Å². The number of carbonyl (C=O) groups excluding carboxylic acids is 2. The van der Waals surface area contributed by atoms with Crippen LogP contribution in [0.4, 0.5) is 15.8 Å². The van der Waals surface area contributed by atoms with Gasteiger partial charge in [0.15, 0.2) is 0 Å². The van der Waals surface area contributed by atoms with Crippen LogP contribution in [0.5, 0.6) is 0 Å². The third kappa shape index (κ3) is 15.7. The average molecular weight is 1540 g/mol. The SMILES string of the molecule is CC1(C)OB(c2ccc3c(c2)CC(=O)N3)OC1(C)C.Cn1nc(-c2ccccn2)cc1-c1ccc2[nH]c(-c3cc(F)ccc3Cl)cc2c1.Cn1nc(-c2ccccn2)cc1-c1ccc2[nH]c(Br)cc2c1.Cn1nc(-c2ccccn2)cc1-c1ccc2c(c1)CC(=O)N2.Cn1nc(-c2ccccn2)cc1Br. The summed E-state index contributed by atoms with van der Waals surface area (Å²) in [6, 6.07) is 64.0. The summed E-state index contributed by atoms with van der Waals surface area (Å²) < 4.78 is 35.0. The van der Waals surface area contributed by atoms with E-state index in [2.05, 4.69) is 129 Å². The van der Waals surface area contributed by atoms with E-state index in [4.69, 9.17) is 20.9 Å². The van der Waals surface area contributed by atoms with Crippen LogP contribution in [0.15, 0.2) is 234 Å².